The standard InChI is InChI=1S/C4H5ClN4O3/c1-7-2(10)8(5)4(12)9(6)3(7)11/h6H2,1H3. The zero-order valence-corrected chi connectivity index (χ0v) is 6.78. The quantitative estimate of drug-likeness (QED) is 0.457. The van der Waals surface area contributed by atoms with Gasteiger partial charge in [-0.1, -0.05) is 0 Å². The van der Waals surface area contributed by atoms with Gasteiger partial charge in [0, 0.05) is 18.8 Å². The van der Waals surface area contributed by atoms with Gasteiger partial charge in [0.05, 0.1) is 0 Å². The minimum atomic E-state index is -1.07. The minimum absolute atomic E-state index is 0.224. The molecular weight excluding hydrogens is 188 g/mol. The van der Waals surface area contributed by atoms with Crippen LogP contribution in [0.5, 0.6) is 0 Å². The average molecular weight is 193 g/mol. The van der Waals surface area contributed by atoms with Crippen molar-refractivity contribution < 1.29 is 0 Å². The van der Waals surface area contributed by atoms with Crippen LogP contribution in [0.25, 0.3) is 0 Å². The van der Waals surface area contributed by atoms with Gasteiger partial charge in [0.15, 0.2) is 0 Å². The van der Waals surface area contributed by atoms with Crippen LogP contribution in [-0.4, -0.2) is 13.3 Å². The van der Waals surface area contributed by atoms with Crippen LogP contribution in [0.4, 0.5) is 0 Å². The summed E-state index contributed by atoms with van der Waals surface area (Å²) in [7, 11) is 1.16. The molecule has 0 radical (unpaired) electrons. The van der Waals surface area contributed by atoms with Crippen LogP contribution in [0.3, 0.4) is 0 Å². The summed E-state index contributed by atoms with van der Waals surface area (Å²) >= 11 is 5.19. The number of hydrogen-bond acceptors (Lipinski definition) is 4. The van der Waals surface area contributed by atoms with Crippen molar-refractivity contribution in [3.05, 3.63) is 31.5 Å². The third kappa shape index (κ3) is 0.944. The van der Waals surface area contributed by atoms with E-state index in [0.717, 1.165) is 7.05 Å². The summed E-state index contributed by atoms with van der Waals surface area (Å²) in [5.41, 5.74) is -2.90. The Labute approximate surface area is 70.3 Å². The molecule has 66 valence electrons. The lowest BCUT2D eigenvalue weighted by atomic mass is 10.9. The highest BCUT2D eigenvalue weighted by atomic mass is 35.5. The van der Waals surface area contributed by atoms with E-state index in [1.165, 1.54) is 0 Å². The number of hydrogen-bond donors (Lipinski definition) is 1. The molecule has 1 heterocycles. The second-order valence-corrected chi connectivity index (χ2v) is 2.40. The van der Waals surface area contributed by atoms with E-state index in [9.17, 15) is 14.4 Å². The van der Waals surface area contributed by atoms with Crippen molar-refractivity contribution in [3.63, 3.8) is 0 Å². The second kappa shape index (κ2) is 2.52. The van der Waals surface area contributed by atoms with Gasteiger partial charge in [-0.25, -0.2) is 19.0 Å². The molecule has 0 bridgehead atoms. The lowest BCUT2D eigenvalue weighted by Crippen LogP contribution is -2.54. The van der Waals surface area contributed by atoms with Gasteiger partial charge < -0.3 is 5.84 Å². The molecule has 0 spiro atoms. The van der Waals surface area contributed by atoms with Gasteiger partial charge in [-0.15, -0.1) is 4.09 Å². The van der Waals surface area contributed by atoms with E-state index < -0.39 is 17.1 Å². The van der Waals surface area contributed by atoms with Crippen LogP contribution >= 0.6 is 11.8 Å². The molecule has 0 fully saturated rings. The third-order valence-corrected chi connectivity index (χ3v) is 1.61. The Morgan fingerprint density at radius 3 is 2.17 bits per heavy atom. The molecule has 2 N–H and O–H groups in total. The highest BCUT2D eigenvalue weighted by Crippen LogP contribution is 1.67. The number of nitrogens with two attached hydrogens (primary N) is 1. The summed E-state index contributed by atoms with van der Waals surface area (Å²) in [6.07, 6.45) is 0. The first kappa shape index (κ1) is 8.60. The van der Waals surface area contributed by atoms with E-state index in [2.05, 4.69) is 0 Å². The zero-order chi connectivity index (χ0) is 9.46. The molecule has 0 saturated carbocycles. The first-order chi connectivity index (χ1) is 5.46. The molecule has 7 nitrogen and oxygen atoms in total. The number of nitrogen functional groups attached to an aromatic ring is 1. The van der Waals surface area contributed by atoms with Gasteiger partial charge in [0.2, 0.25) is 0 Å². The van der Waals surface area contributed by atoms with Gasteiger partial charge in [0.1, 0.15) is 0 Å². The Morgan fingerprint density at radius 2 is 1.67 bits per heavy atom. The molecule has 1 aromatic heterocycles. The largest absolute Gasteiger partial charge is 0.370 e. The molecule has 0 amide bonds. The predicted octanol–water partition coefficient (Wildman–Crippen LogP) is -2.58. The normalized spacial score (nSPS) is 10.2. The summed E-state index contributed by atoms with van der Waals surface area (Å²) in [4.78, 5) is 32.6. The van der Waals surface area contributed by atoms with Crippen molar-refractivity contribution in [1.82, 2.24) is 13.3 Å². The molecule has 12 heavy (non-hydrogen) atoms. The Balaban J connectivity index is 4.00. The third-order valence-electron chi connectivity index (χ3n) is 1.32. The highest BCUT2D eigenvalue weighted by molar-refractivity contribution is 6.14. The first-order valence-electron chi connectivity index (χ1n) is 2.83. The van der Waals surface area contributed by atoms with E-state index in [1.54, 1.807) is 0 Å². The maximum absolute atomic E-state index is 10.9. The lowest BCUT2D eigenvalue weighted by molar-refractivity contribution is 0.624. The Morgan fingerprint density at radius 1 is 1.17 bits per heavy atom. The van der Waals surface area contributed by atoms with E-state index >= 15 is 0 Å². The van der Waals surface area contributed by atoms with E-state index in [1.807, 2.05) is 0 Å². The van der Waals surface area contributed by atoms with E-state index in [0.29, 0.717) is 4.57 Å². The van der Waals surface area contributed by atoms with Crippen molar-refractivity contribution in [2.45, 2.75) is 0 Å². The number of halogens is 1. The molecule has 1 rings (SSSR count). The molecule has 0 saturated heterocycles. The van der Waals surface area contributed by atoms with E-state index in [-0.39, 0.29) is 8.76 Å². The Hall–Kier alpha value is -1.50. The Bertz CT molecular complexity index is 379. The van der Waals surface area contributed by atoms with Crippen LogP contribution in [0.2, 0.25) is 0 Å². The number of aromatic nitrogens is 3. The van der Waals surface area contributed by atoms with Gasteiger partial charge in [-0.2, -0.15) is 4.68 Å². The topological polar surface area (TPSA) is 92.0 Å². The molecule has 0 atom stereocenters. The van der Waals surface area contributed by atoms with Crippen molar-refractivity contribution in [3.8, 4) is 0 Å². The predicted molar refractivity (Wildman–Crippen MR) is 41.6 cm³/mol. The second-order valence-electron chi connectivity index (χ2n) is 2.06. The van der Waals surface area contributed by atoms with Gasteiger partial charge in [-0.05, 0) is 0 Å². The molecule has 0 aliphatic heterocycles. The van der Waals surface area contributed by atoms with Crippen LogP contribution in [0.1, 0.15) is 0 Å². The molecule has 8 heteroatoms. The average Bonchev–Trinajstić information content (AvgIpc) is 2.08. The van der Waals surface area contributed by atoms with Crippen molar-refractivity contribution in [1.29, 1.82) is 0 Å². The minimum Gasteiger partial charge on any atom is -0.331 e. The van der Waals surface area contributed by atoms with Gasteiger partial charge >= 0.3 is 17.1 Å². The smallest absolute Gasteiger partial charge is 0.331 e. The zero-order valence-electron chi connectivity index (χ0n) is 6.02. The van der Waals surface area contributed by atoms with Gasteiger partial charge in [-0.3, -0.25) is 0 Å². The fourth-order valence-electron chi connectivity index (χ4n) is 0.633. The van der Waals surface area contributed by atoms with E-state index in [4.69, 9.17) is 17.6 Å². The first-order valence-corrected chi connectivity index (χ1v) is 3.17. The summed E-state index contributed by atoms with van der Waals surface area (Å²) in [6.45, 7) is 0. The SMILES string of the molecule is Cn1c(=O)n(N)c(=O)n(Cl)c1=O. The van der Waals surface area contributed by atoms with Crippen LogP contribution in [-0.2, 0) is 7.05 Å². The molecule has 1 aromatic rings. The monoisotopic (exact) mass is 192 g/mol. The number of nitrogens with zero attached hydrogens (tertiary/aromatic N) is 3. The van der Waals surface area contributed by atoms with Crippen molar-refractivity contribution >= 4 is 11.8 Å². The summed E-state index contributed by atoms with van der Waals surface area (Å²) < 4.78 is 1.09. The van der Waals surface area contributed by atoms with Crippen molar-refractivity contribution in [2.75, 3.05) is 5.84 Å². The maximum Gasteiger partial charge on any atom is 0.370 e. The highest BCUT2D eigenvalue weighted by Gasteiger charge is 2.07. The summed E-state index contributed by atoms with van der Waals surface area (Å²) in [5.74, 6) is 4.98. The van der Waals surface area contributed by atoms with Crippen molar-refractivity contribution in [2.24, 2.45) is 7.05 Å². The molecule has 0 aliphatic carbocycles. The lowest BCUT2D eigenvalue weighted by Gasteiger charge is -2.00. The molecule has 0 aliphatic rings. The fourth-order valence-corrected chi connectivity index (χ4v) is 0.828. The van der Waals surface area contributed by atoms with Crippen LogP contribution in [0, 0.1) is 0 Å². The molecule has 0 aromatic carbocycles. The van der Waals surface area contributed by atoms with Crippen LogP contribution in [0.15, 0.2) is 14.4 Å². The number of rotatable bonds is 0. The molecule has 0 unspecified atom stereocenters. The van der Waals surface area contributed by atoms with Gasteiger partial charge in [0.25, 0.3) is 0 Å². The molecular formula is C4H5ClN4O3. The van der Waals surface area contributed by atoms with Crippen LogP contribution < -0.4 is 22.9 Å². The Kier molecular flexibility index (Phi) is 1.81. The fraction of sp³-hybridized carbons (Fsp3) is 0.250. The summed E-state index contributed by atoms with van der Waals surface area (Å²) in [5, 5.41) is 0. The maximum atomic E-state index is 10.9. The summed E-state index contributed by atoms with van der Waals surface area (Å²) in [6, 6.07) is 0.